The fourth-order valence-corrected chi connectivity index (χ4v) is 4.94. The van der Waals surface area contributed by atoms with Gasteiger partial charge in [-0.15, -0.1) is 0 Å². The molecule has 5 N–H and O–H groups in total. The number of nitrogens with zero attached hydrogens (tertiary/aromatic N) is 5. The maximum atomic E-state index is 15.5. The molecule has 0 aliphatic carbocycles. The monoisotopic (exact) mass is 516 g/mol. The topological polar surface area (TPSA) is 151 Å². The molecule has 4 aromatic rings. The van der Waals surface area contributed by atoms with E-state index in [4.69, 9.17) is 5.73 Å². The van der Waals surface area contributed by atoms with Gasteiger partial charge in [-0.2, -0.15) is 5.10 Å². The second-order valence-electron chi connectivity index (χ2n) is 9.86. The van der Waals surface area contributed by atoms with Gasteiger partial charge in [-0.1, -0.05) is 0 Å². The van der Waals surface area contributed by atoms with Crippen molar-refractivity contribution in [3.05, 3.63) is 53.4 Å². The summed E-state index contributed by atoms with van der Waals surface area (Å²) in [4.78, 5) is 34.7. The van der Waals surface area contributed by atoms with E-state index in [9.17, 15) is 14.7 Å². The van der Waals surface area contributed by atoms with Crippen molar-refractivity contribution in [2.75, 3.05) is 30.0 Å². The van der Waals surface area contributed by atoms with Gasteiger partial charge in [0.15, 0.2) is 17.2 Å². The van der Waals surface area contributed by atoms with Crippen LogP contribution in [-0.4, -0.2) is 55.2 Å². The van der Waals surface area contributed by atoms with Crippen LogP contribution in [0, 0.1) is 12.7 Å². The number of aromatic nitrogens is 4. The number of nitrogens with two attached hydrogens (primary N) is 1. The average Bonchev–Trinajstić information content (AvgIpc) is 3.32. The predicted octanol–water partition coefficient (Wildman–Crippen LogP) is 2.44. The van der Waals surface area contributed by atoms with E-state index >= 15 is 4.39 Å². The molecule has 0 spiro atoms. The summed E-state index contributed by atoms with van der Waals surface area (Å²) in [5, 5.41) is 21.9. The second kappa shape index (κ2) is 8.21. The van der Waals surface area contributed by atoms with E-state index in [1.807, 2.05) is 6.07 Å². The predicted molar refractivity (Wildman–Crippen MR) is 139 cm³/mol. The molecule has 1 aromatic carbocycles. The maximum Gasteiger partial charge on any atom is 0.262 e. The Kier molecular flexibility index (Phi) is 5.14. The molecule has 0 saturated heterocycles. The summed E-state index contributed by atoms with van der Waals surface area (Å²) in [5.74, 6) is -0.215. The molecule has 1 unspecified atom stereocenters. The zero-order valence-corrected chi connectivity index (χ0v) is 21.0. The van der Waals surface area contributed by atoms with Gasteiger partial charge in [0, 0.05) is 60.7 Å². The van der Waals surface area contributed by atoms with E-state index < -0.39 is 17.3 Å². The third-order valence-corrected chi connectivity index (χ3v) is 7.30. The number of amides is 2. The number of carbonyl (C=O) groups is 2. The lowest BCUT2D eigenvalue weighted by atomic mass is 9.95. The highest BCUT2D eigenvalue weighted by Gasteiger charge is 2.43. The summed E-state index contributed by atoms with van der Waals surface area (Å²) in [6, 6.07) is 5.27. The number of aliphatic hydroxyl groups is 1. The summed E-state index contributed by atoms with van der Waals surface area (Å²) in [6.07, 6.45) is 3.61. The van der Waals surface area contributed by atoms with Crippen LogP contribution < -0.4 is 16.4 Å². The molecule has 0 radical (unpaired) electrons. The van der Waals surface area contributed by atoms with Crippen LogP contribution in [0.1, 0.15) is 23.9 Å². The third-order valence-electron chi connectivity index (χ3n) is 7.30. The van der Waals surface area contributed by atoms with Gasteiger partial charge in [0.1, 0.15) is 18.1 Å². The summed E-state index contributed by atoms with van der Waals surface area (Å²) in [6.45, 7) is 3.87. The smallest absolute Gasteiger partial charge is 0.262 e. The number of pyridine rings is 2. The summed E-state index contributed by atoms with van der Waals surface area (Å²) >= 11 is 0. The van der Waals surface area contributed by atoms with Crippen molar-refractivity contribution < 1.29 is 19.1 Å². The number of hydrogen-bond donors (Lipinski definition) is 4. The zero-order chi connectivity index (χ0) is 26.9. The number of hydrogen-bond acceptors (Lipinski definition) is 8. The van der Waals surface area contributed by atoms with Crippen molar-refractivity contribution in [2.45, 2.75) is 32.4 Å². The van der Waals surface area contributed by atoms with Crippen molar-refractivity contribution in [3.8, 4) is 11.1 Å². The fourth-order valence-electron chi connectivity index (χ4n) is 4.94. The van der Waals surface area contributed by atoms with Crippen LogP contribution in [0.5, 0.6) is 0 Å². The molecule has 1 atom stereocenters. The van der Waals surface area contributed by atoms with Crippen LogP contribution in [0.3, 0.4) is 0 Å². The molecule has 6 rings (SSSR count). The normalized spacial score (nSPS) is 18.8. The van der Waals surface area contributed by atoms with Gasteiger partial charge in [-0.25, -0.2) is 9.37 Å². The van der Waals surface area contributed by atoms with E-state index in [1.54, 1.807) is 35.7 Å². The van der Waals surface area contributed by atoms with E-state index in [2.05, 4.69) is 25.7 Å². The van der Waals surface area contributed by atoms with Gasteiger partial charge in [0.05, 0.1) is 11.4 Å². The number of benzene rings is 1. The van der Waals surface area contributed by atoms with Gasteiger partial charge < -0.3 is 26.4 Å². The Morgan fingerprint density at radius 1 is 1.16 bits per heavy atom. The number of nitrogens with one attached hydrogen (secondary N) is 2. The van der Waals surface area contributed by atoms with E-state index in [0.29, 0.717) is 52.2 Å². The molecule has 194 valence electrons. The summed E-state index contributed by atoms with van der Waals surface area (Å²) < 4.78 is 17.2. The van der Waals surface area contributed by atoms with Crippen molar-refractivity contribution in [1.29, 1.82) is 0 Å². The van der Waals surface area contributed by atoms with Crippen LogP contribution in [0.15, 0.2) is 30.6 Å². The van der Waals surface area contributed by atoms with Crippen LogP contribution in [0.2, 0.25) is 0 Å². The number of carbonyl (C=O) groups excluding carboxylic acids is 2. The quantitative estimate of drug-likeness (QED) is 0.303. The lowest BCUT2D eigenvalue weighted by Crippen LogP contribution is -2.30. The Morgan fingerprint density at radius 3 is 2.74 bits per heavy atom. The molecular formula is C26H25FN8O3. The minimum absolute atomic E-state index is 0.00761. The number of anilines is 4. The standard InChI is InChI=1S/C26H25FN8O3/c1-12-16(9-30-24-23(12)32-25(37)26(24,2)38)15-6-13-7-18(29-10-17(13)22(28)21(15)27)31-19-8-14-4-5-34(3)20(36)11-35(14)33-19/h6-10,38H,4-5,11,28H2,1-3H3,(H,32,37)(H,29,31,33). The fraction of sp³-hybridized carbons (Fsp3) is 0.269. The van der Waals surface area contributed by atoms with Crippen molar-refractivity contribution in [1.82, 2.24) is 24.6 Å². The highest BCUT2D eigenvalue weighted by atomic mass is 19.1. The molecular weight excluding hydrogens is 491 g/mol. The van der Waals surface area contributed by atoms with Gasteiger partial charge >= 0.3 is 0 Å². The Labute approximate surface area is 216 Å². The molecule has 2 aliphatic rings. The zero-order valence-electron chi connectivity index (χ0n) is 21.0. The Bertz CT molecular complexity index is 1680. The highest BCUT2D eigenvalue weighted by Crippen LogP contribution is 2.42. The van der Waals surface area contributed by atoms with Gasteiger partial charge in [-0.05, 0) is 36.9 Å². The molecule has 2 aliphatic heterocycles. The minimum atomic E-state index is -1.76. The SMILES string of the molecule is Cc1c(-c2cc3cc(Nc4cc5n(n4)CC(=O)N(C)CC5)ncc3c(N)c2F)cnc2c1NC(=O)C2(C)O. The van der Waals surface area contributed by atoms with E-state index in [0.717, 1.165) is 5.69 Å². The molecule has 0 saturated carbocycles. The molecule has 0 fully saturated rings. The van der Waals surface area contributed by atoms with Crippen molar-refractivity contribution in [2.24, 2.45) is 0 Å². The number of fused-ring (bicyclic) bond motifs is 3. The molecule has 2 amide bonds. The summed E-state index contributed by atoms with van der Waals surface area (Å²) in [7, 11) is 1.77. The van der Waals surface area contributed by atoms with Crippen LogP contribution in [0.25, 0.3) is 21.9 Å². The van der Waals surface area contributed by atoms with Gasteiger partial charge in [-0.3, -0.25) is 19.3 Å². The number of rotatable bonds is 3. The first-order chi connectivity index (χ1) is 18.0. The van der Waals surface area contributed by atoms with Crippen LogP contribution >= 0.6 is 0 Å². The molecule has 11 nitrogen and oxygen atoms in total. The number of likely N-dealkylation sites (N-methyl/N-ethyl adjacent to an activating group) is 1. The van der Waals surface area contributed by atoms with Crippen LogP contribution in [0.4, 0.5) is 27.4 Å². The maximum absolute atomic E-state index is 15.5. The minimum Gasteiger partial charge on any atom is -0.396 e. The highest BCUT2D eigenvalue weighted by molar-refractivity contribution is 6.06. The first kappa shape index (κ1) is 23.8. The molecule has 0 bridgehead atoms. The average molecular weight is 517 g/mol. The largest absolute Gasteiger partial charge is 0.396 e. The van der Waals surface area contributed by atoms with Crippen molar-refractivity contribution in [3.63, 3.8) is 0 Å². The Balaban J connectivity index is 1.38. The second-order valence-corrected chi connectivity index (χ2v) is 9.86. The molecule has 3 aromatic heterocycles. The third kappa shape index (κ3) is 3.56. The summed E-state index contributed by atoms with van der Waals surface area (Å²) in [5.41, 5.74) is 7.04. The van der Waals surface area contributed by atoms with E-state index in [-0.39, 0.29) is 29.4 Å². The van der Waals surface area contributed by atoms with Crippen molar-refractivity contribution >= 4 is 45.6 Å². The van der Waals surface area contributed by atoms with Gasteiger partial charge in [0.2, 0.25) is 5.91 Å². The Hall–Kier alpha value is -4.58. The first-order valence-corrected chi connectivity index (χ1v) is 12.0. The molecule has 38 heavy (non-hydrogen) atoms. The van der Waals surface area contributed by atoms with Gasteiger partial charge in [0.25, 0.3) is 5.91 Å². The number of nitrogen functional groups attached to an aromatic ring is 1. The van der Waals surface area contributed by atoms with Crippen LogP contribution in [-0.2, 0) is 28.2 Å². The number of halogens is 1. The lowest BCUT2D eigenvalue weighted by Gasteiger charge is -2.16. The van der Waals surface area contributed by atoms with E-state index in [1.165, 1.54) is 19.3 Å². The Morgan fingerprint density at radius 2 is 1.95 bits per heavy atom. The first-order valence-electron chi connectivity index (χ1n) is 12.0. The molecule has 12 heteroatoms. The molecule has 5 heterocycles. The lowest BCUT2D eigenvalue weighted by molar-refractivity contribution is -0.132.